The number of pyridine rings is 1. The molecule has 8 nitrogen and oxygen atoms in total. The molecule has 164 valence electrons. The van der Waals surface area contributed by atoms with Crippen molar-refractivity contribution in [3.8, 4) is 22.7 Å². The van der Waals surface area contributed by atoms with Gasteiger partial charge >= 0.3 is 0 Å². The Morgan fingerprint density at radius 3 is 2.81 bits per heavy atom. The molecule has 0 radical (unpaired) electrons. The molecule has 0 spiro atoms. The predicted octanol–water partition coefficient (Wildman–Crippen LogP) is 3.03. The van der Waals surface area contributed by atoms with Crippen molar-refractivity contribution < 1.29 is 19.0 Å². The maximum Gasteiger partial charge on any atom is 0.254 e. The van der Waals surface area contributed by atoms with Gasteiger partial charge in [0.1, 0.15) is 17.2 Å². The van der Waals surface area contributed by atoms with E-state index in [1.807, 2.05) is 0 Å². The highest BCUT2D eigenvalue weighted by atomic mass is 19.1. The van der Waals surface area contributed by atoms with E-state index in [0.717, 1.165) is 24.0 Å². The molecule has 1 amide bonds. The Labute approximate surface area is 183 Å². The maximum absolute atomic E-state index is 14.5. The lowest BCUT2D eigenvalue weighted by molar-refractivity contribution is 0.0947. The zero-order valence-corrected chi connectivity index (χ0v) is 17.7. The molecule has 5 rings (SSSR count). The van der Waals surface area contributed by atoms with Crippen molar-refractivity contribution in [2.45, 2.75) is 32.4 Å². The summed E-state index contributed by atoms with van der Waals surface area (Å²) in [6, 6.07) is 4.84. The van der Waals surface area contributed by atoms with E-state index in [1.165, 1.54) is 6.07 Å². The largest absolute Gasteiger partial charge is 0.496 e. The number of imidazole rings is 1. The predicted molar refractivity (Wildman–Crippen MR) is 115 cm³/mol. The Hall–Kier alpha value is -3.72. The lowest BCUT2D eigenvalue weighted by atomic mass is 9.99. The molecule has 2 N–H and O–H groups in total. The average Bonchev–Trinajstić information content (AvgIpc) is 3.30. The number of ether oxygens (including phenoxy) is 1. The van der Waals surface area contributed by atoms with Crippen LogP contribution in [-0.2, 0) is 6.61 Å². The third-order valence-electron chi connectivity index (χ3n) is 5.66. The fourth-order valence-corrected chi connectivity index (χ4v) is 3.75. The number of carbonyl (C=O) groups is 1. The first-order chi connectivity index (χ1) is 15.5. The minimum atomic E-state index is -0.538. The van der Waals surface area contributed by atoms with Crippen LogP contribution < -0.4 is 10.1 Å². The Balaban J connectivity index is 1.53. The van der Waals surface area contributed by atoms with Crippen LogP contribution in [0.1, 0.15) is 34.3 Å². The van der Waals surface area contributed by atoms with Gasteiger partial charge in [0.2, 0.25) is 0 Å². The van der Waals surface area contributed by atoms with E-state index in [2.05, 4.69) is 15.4 Å². The zero-order chi connectivity index (χ0) is 22.4. The molecule has 1 aromatic carbocycles. The number of fused-ring (bicyclic) bond motifs is 1. The zero-order valence-electron chi connectivity index (χ0n) is 17.7. The second kappa shape index (κ2) is 7.76. The van der Waals surface area contributed by atoms with E-state index >= 15 is 0 Å². The number of aryl methyl sites for hydroxylation is 1. The molecule has 1 fully saturated rings. The number of nitrogens with zero attached hydrogens (tertiary/aromatic N) is 4. The Bertz CT molecular complexity index is 1340. The molecule has 4 aromatic rings. The van der Waals surface area contributed by atoms with E-state index in [-0.39, 0.29) is 18.2 Å². The second-order valence-electron chi connectivity index (χ2n) is 7.94. The first-order valence-corrected chi connectivity index (χ1v) is 10.3. The SMILES string of the molecule is COc1cc2ncc(-n3cc(-c4cc(C(=O)NC5CC5)c(F)cc4C)cn3)n2cc1CO. The third kappa shape index (κ3) is 3.50. The molecule has 0 atom stereocenters. The molecule has 1 saturated carbocycles. The fourth-order valence-electron chi connectivity index (χ4n) is 3.75. The standard InChI is InChI=1S/C23H22FN5O3/c1-13-5-19(24)18(23(31)27-16-3-4-16)6-17(13)14-8-26-29(11-14)22-9-25-21-7-20(32-2)15(12-30)10-28(21)22/h5-11,16,30H,3-4,12H2,1-2H3,(H,27,31). The molecule has 3 aromatic heterocycles. The maximum atomic E-state index is 14.5. The number of aromatic nitrogens is 4. The number of hydrogen-bond acceptors (Lipinski definition) is 5. The molecule has 1 aliphatic carbocycles. The van der Waals surface area contributed by atoms with Crippen molar-refractivity contribution in [1.82, 2.24) is 24.5 Å². The van der Waals surface area contributed by atoms with Gasteiger partial charge in [-0.25, -0.2) is 14.1 Å². The Kier molecular flexibility index (Phi) is 4.90. The first-order valence-electron chi connectivity index (χ1n) is 10.3. The molecule has 3 heterocycles. The van der Waals surface area contributed by atoms with Crippen molar-refractivity contribution in [3.63, 3.8) is 0 Å². The molecule has 32 heavy (non-hydrogen) atoms. The fraction of sp³-hybridized carbons (Fsp3) is 0.261. The minimum Gasteiger partial charge on any atom is -0.496 e. The molecule has 1 aliphatic rings. The number of halogens is 1. The lowest BCUT2D eigenvalue weighted by Crippen LogP contribution is -2.26. The summed E-state index contributed by atoms with van der Waals surface area (Å²) in [5.74, 6) is 0.280. The van der Waals surface area contributed by atoms with Crippen LogP contribution in [0.2, 0.25) is 0 Å². The number of aliphatic hydroxyl groups is 1. The van der Waals surface area contributed by atoms with Crippen molar-refractivity contribution in [2.24, 2.45) is 0 Å². The van der Waals surface area contributed by atoms with Gasteiger partial charge < -0.3 is 15.2 Å². The van der Waals surface area contributed by atoms with Gasteiger partial charge in [-0.05, 0) is 43.0 Å². The van der Waals surface area contributed by atoms with Gasteiger partial charge in [-0.3, -0.25) is 9.20 Å². The minimum absolute atomic E-state index is 0.0275. The molecule has 0 aliphatic heterocycles. The van der Waals surface area contributed by atoms with E-state index in [1.54, 1.807) is 60.0 Å². The lowest BCUT2D eigenvalue weighted by Gasteiger charge is -2.10. The van der Waals surface area contributed by atoms with Crippen molar-refractivity contribution in [2.75, 3.05) is 7.11 Å². The van der Waals surface area contributed by atoms with Gasteiger partial charge in [0.05, 0.1) is 31.7 Å². The summed E-state index contributed by atoms with van der Waals surface area (Å²) in [6.07, 6.45) is 8.75. The Morgan fingerprint density at radius 2 is 2.09 bits per heavy atom. The molecular formula is C23H22FN5O3. The second-order valence-corrected chi connectivity index (χ2v) is 7.94. The van der Waals surface area contributed by atoms with Crippen molar-refractivity contribution in [1.29, 1.82) is 0 Å². The highest BCUT2D eigenvalue weighted by Gasteiger charge is 2.25. The summed E-state index contributed by atoms with van der Waals surface area (Å²) in [5, 5.41) is 16.9. The quantitative estimate of drug-likeness (QED) is 0.486. The number of benzene rings is 1. The monoisotopic (exact) mass is 435 g/mol. The summed E-state index contributed by atoms with van der Waals surface area (Å²) in [6.45, 7) is 1.62. The highest BCUT2D eigenvalue weighted by Crippen LogP contribution is 2.29. The van der Waals surface area contributed by atoms with E-state index < -0.39 is 11.7 Å². The van der Waals surface area contributed by atoms with Crippen LogP contribution >= 0.6 is 0 Å². The van der Waals surface area contributed by atoms with Crippen LogP contribution in [0, 0.1) is 12.7 Å². The van der Waals surface area contributed by atoms with E-state index in [0.29, 0.717) is 28.3 Å². The number of rotatable bonds is 6. The molecule has 9 heteroatoms. The first kappa shape index (κ1) is 20.2. The van der Waals surface area contributed by atoms with Crippen LogP contribution in [0.3, 0.4) is 0 Å². The summed E-state index contributed by atoms with van der Waals surface area (Å²) in [5.41, 5.74) is 3.46. The topological polar surface area (TPSA) is 93.7 Å². The van der Waals surface area contributed by atoms with E-state index in [4.69, 9.17) is 4.74 Å². The summed E-state index contributed by atoms with van der Waals surface area (Å²) < 4.78 is 23.2. The number of carbonyl (C=O) groups excluding carboxylic acids is 1. The molecule has 0 saturated heterocycles. The van der Waals surface area contributed by atoms with Gasteiger partial charge in [-0.15, -0.1) is 0 Å². The van der Waals surface area contributed by atoms with Crippen LogP contribution in [-0.4, -0.2) is 43.3 Å². The molecular weight excluding hydrogens is 413 g/mol. The summed E-state index contributed by atoms with van der Waals surface area (Å²) in [4.78, 5) is 16.8. The van der Waals surface area contributed by atoms with Gasteiger partial charge in [0, 0.05) is 35.6 Å². The normalized spacial score (nSPS) is 13.5. The number of amides is 1. The van der Waals surface area contributed by atoms with Gasteiger partial charge in [0.25, 0.3) is 5.91 Å². The smallest absolute Gasteiger partial charge is 0.254 e. The number of aliphatic hydroxyl groups excluding tert-OH is 1. The number of hydrogen-bond donors (Lipinski definition) is 2. The van der Waals surface area contributed by atoms with E-state index in [9.17, 15) is 14.3 Å². The van der Waals surface area contributed by atoms with Crippen molar-refractivity contribution in [3.05, 3.63) is 65.5 Å². The molecule has 0 unspecified atom stereocenters. The van der Waals surface area contributed by atoms with Crippen LogP contribution in [0.4, 0.5) is 4.39 Å². The average molecular weight is 435 g/mol. The van der Waals surface area contributed by atoms with Crippen LogP contribution in [0.15, 0.2) is 43.0 Å². The van der Waals surface area contributed by atoms with Crippen LogP contribution in [0.5, 0.6) is 5.75 Å². The molecule has 0 bridgehead atoms. The van der Waals surface area contributed by atoms with Gasteiger partial charge in [-0.1, -0.05) is 0 Å². The van der Waals surface area contributed by atoms with Gasteiger partial charge in [-0.2, -0.15) is 5.10 Å². The van der Waals surface area contributed by atoms with Crippen molar-refractivity contribution >= 4 is 11.6 Å². The van der Waals surface area contributed by atoms with Gasteiger partial charge in [0.15, 0.2) is 5.82 Å². The number of nitrogens with one attached hydrogen (secondary N) is 1. The number of methoxy groups -OCH3 is 1. The highest BCUT2D eigenvalue weighted by molar-refractivity contribution is 5.96. The summed E-state index contributed by atoms with van der Waals surface area (Å²) >= 11 is 0. The Morgan fingerprint density at radius 1 is 1.28 bits per heavy atom. The third-order valence-corrected chi connectivity index (χ3v) is 5.66. The summed E-state index contributed by atoms with van der Waals surface area (Å²) in [7, 11) is 1.54. The van der Waals surface area contributed by atoms with Crippen LogP contribution in [0.25, 0.3) is 22.6 Å².